The molecule has 2 saturated heterocycles. The predicted octanol–water partition coefficient (Wildman–Crippen LogP) is 4.14. The number of nitrogens with one attached hydrogen (secondary N) is 1. The maximum absolute atomic E-state index is 12.7. The number of nitrogens with zero attached hydrogens (tertiary/aromatic N) is 9. The van der Waals surface area contributed by atoms with Gasteiger partial charge in [0.15, 0.2) is 5.82 Å². The molecule has 0 aliphatic carbocycles. The summed E-state index contributed by atoms with van der Waals surface area (Å²) in [4.78, 5) is 40.6. The van der Waals surface area contributed by atoms with Crippen LogP contribution < -0.4 is 15.9 Å². The fourth-order valence-electron chi connectivity index (χ4n) is 6.69. The summed E-state index contributed by atoms with van der Waals surface area (Å²) in [5, 5.41) is 19.6. The molecule has 0 radical (unpaired) electrons. The Morgan fingerprint density at radius 3 is 2.25 bits per heavy atom. The molecule has 2 unspecified atom stereocenters. The van der Waals surface area contributed by atoms with Crippen LogP contribution in [0.1, 0.15) is 76.4 Å². The number of nitrogens with two attached hydrogens (primary N) is 1. The number of nitrogen functional groups attached to an aromatic ring is 1. The van der Waals surface area contributed by atoms with Crippen LogP contribution in [0.15, 0.2) is 53.7 Å². The van der Waals surface area contributed by atoms with Gasteiger partial charge in [-0.05, 0) is 53.4 Å². The molecule has 4 aromatic heterocycles. The number of fused-ring (bicyclic) bond motifs is 2. The molecule has 2 fully saturated rings. The van der Waals surface area contributed by atoms with Gasteiger partial charge in [-0.1, -0.05) is 44.2 Å². The molecular formula is C33H41N11O7S2. The van der Waals surface area contributed by atoms with Gasteiger partial charge in [0, 0.05) is 17.7 Å². The molecule has 2 atom stereocenters. The van der Waals surface area contributed by atoms with Gasteiger partial charge in [0.1, 0.15) is 22.5 Å². The van der Waals surface area contributed by atoms with Gasteiger partial charge in [0.2, 0.25) is 5.65 Å². The third-order valence-corrected chi connectivity index (χ3v) is 13.0. The Balaban J connectivity index is 0.000000164. The van der Waals surface area contributed by atoms with Gasteiger partial charge in [-0.15, -0.1) is 5.10 Å². The summed E-state index contributed by atoms with van der Waals surface area (Å²) in [6, 6.07) is 12.7. The summed E-state index contributed by atoms with van der Waals surface area (Å²) in [5.41, 5.74) is 10.5. The van der Waals surface area contributed by atoms with E-state index >= 15 is 0 Å². The number of aryl methyl sites for hydroxylation is 2. The van der Waals surface area contributed by atoms with E-state index in [9.17, 15) is 27.8 Å². The number of hydrogen-bond donors (Lipinski definition) is 6. The molecule has 1 amide bonds. The van der Waals surface area contributed by atoms with Gasteiger partial charge in [0.25, 0.3) is 5.91 Å². The van der Waals surface area contributed by atoms with E-state index in [2.05, 4.69) is 30.8 Å². The first-order valence-corrected chi connectivity index (χ1v) is 20.9. The zero-order valence-electron chi connectivity index (χ0n) is 29.1. The minimum absolute atomic E-state index is 0.135. The van der Waals surface area contributed by atoms with Crippen LogP contribution in [0.4, 0.5) is 11.6 Å². The van der Waals surface area contributed by atoms with E-state index in [-0.39, 0.29) is 40.9 Å². The minimum Gasteiger partial charge on any atom is -0.383 e. The average Bonchev–Trinajstić information content (AvgIpc) is 3.95. The molecule has 1 aromatic carbocycles. The van der Waals surface area contributed by atoms with Gasteiger partial charge < -0.3 is 15.9 Å². The highest BCUT2D eigenvalue weighted by Crippen LogP contribution is 2.52. The van der Waals surface area contributed by atoms with Crippen molar-refractivity contribution in [2.75, 3.05) is 35.3 Å². The number of anilines is 1. The lowest BCUT2D eigenvalue weighted by atomic mass is 10.1. The van der Waals surface area contributed by atoms with E-state index in [1.807, 2.05) is 44.2 Å². The molecule has 20 heteroatoms. The van der Waals surface area contributed by atoms with E-state index in [1.165, 1.54) is 4.68 Å². The maximum Gasteiger partial charge on any atom is 0.371 e. The Bertz CT molecular complexity index is 2200. The van der Waals surface area contributed by atoms with Crippen molar-refractivity contribution in [3.63, 3.8) is 0 Å². The van der Waals surface area contributed by atoms with E-state index < -0.39 is 27.1 Å². The van der Waals surface area contributed by atoms with Crippen molar-refractivity contribution in [3.05, 3.63) is 76.7 Å². The highest BCUT2D eigenvalue weighted by molar-refractivity contribution is 8.24. The molecule has 0 spiro atoms. The van der Waals surface area contributed by atoms with E-state index in [0.29, 0.717) is 77.7 Å². The van der Waals surface area contributed by atoms with Gasteiger partial charge in [-0.2, -0.15) is 31.4 Å². The summed E-state index contributed by atoms with van der Waals surface area (Å²) >= 11 is 0. The molecule has 5 aromatic rings. The monoisotopic (exact) mass is 767 g/mol. The van der Waals surface area contributed by atoms with Crippen molar-refractivity contribution in [2.45, 2.75) is 51.6 Å². The molecule has 0 bridgehead atoms. The molecule has 0 saturated carbocycles. The number of carbonyl (C=O) groups is 2. The van der Waals surface area contributed by atoms with Crippen molar-refractivity contribution in [1.82, 2.24) is 45.0 Å². The Morgan fingerprint density at radius 1 is 0.943 bits per heavy atom. The predicted molar refractivity (Wildman–Crippen MR) is 201 cm³/mol. The second kappa shape index (κ2) is 14.5. The summed E-state index contributed by atoms with van der Waals surface area (Å²) in [7, 11) is -5.19. The van der Waals surface area contributed by atoms with Crippen LogP contribution in [0.3, 0.4) is 0 Å². The third-order valence-electron chi connectivity index (χ3n) is 9.36. The van der Waals surface area contributed by atoms with Crippen LogP contribution in [0.2, 0.25) is 0 Å². The largest absolute Gasteiger partial charge is 0.383 e. The van der Waals surface area contributed by atoms with Gasteiger partial charge >= 0.3 is 5.97 Å². The fourth-order valence-corrected chi connectivity index (χ4v) is 10.2. The van der Waals surface area contributed by atoms with Crippen LogP contribution in [-0.4, -0.2) is 105 Å². The maximum atomic E-state index is 12.7. The average molecular weight is 768 g/mol. The van der Waals surface area contributed by atoms with Gasteiger partial charge in [-0.3, -0.25) is 23.0 Å². The van der Waals surface area contributed by atoms with Crippen molar-refractivity contribution < 1.29 is 32.6 Å². The molecular weight excluding hydrogens is 727 g/mol. The molecule has 3 aliphatic heterocycles. The number of hydrogen-bond acceptors (Lipinski definition) is 14. The Hall–Kier alpha value is -4.86. The molecule has 282 valence electrons. The lowest BCUT2D eigenvalue weighted by Crippen LogP contribution is -2.28. The smallest absolute Gasteiger partial charge is 0.371 e. The molecule has 3 aliphatic rings. The summed E-state index contributed by atoms with van der Waals surface area (Å²) in [6.07, 6.45) is 3.77. The molecule has 8 rings (SSSR count). The summed E-state index contributed by atoms with van der Waals surface area (Å²) < 4.78 is 43.0. The van der Waals surface area contributed by atoms with E-state index in [0.717, 1.165) is 16.1 Å². The first-order valence-electron chi connectivity index (χ1n) is 17.1. The van der Waals surface area contributed by atoms with Crippen LogP contribution in [0.5, 0.6) is 0 Å². The van der Waals surface area contributed by atoms with E-state index in [1.54, 1.807) is 23.0 Å². The lowest BCUT2D eigenvalue weighted by Gasteiger charge is -2.26. The van der Waals surface area contributed by atoms with Crippen LogP contribution >= 0.6 is 21.2 Å². The topological polar surface area (TPSA) is 254 Å². The lowest BCUT2D eigenvalue weighted by molar-refractivity contribution is 0.0405. The quantitative estimate of drug-likeness (QED) is 0.128. The number of benzene rings is 1. The zero-order chi connectivity index (χ0) is 37.5. The minimum atomic E-state index is -2.62. The molecule has 7 N–H and O–H groups in total. The highest BCUT2D eigenvalue weighted by Gasteiger charge is 2.36. The first kappa shape index (κ1) is 36.5. The summed E-state index contributed by atoms with van der Waals surface area (Å²) in [5.74, 6) is 0.870. The highest BCUT2D eigenvalue weighted by atomic mass is 32.3. The number of aliphatic imine (C=N–C) groups is 1. The number of amides is 1. The SMILES string of the molecule is CCc1nn(C2CCS(O)(O)C2)c(N)c1C(=O)On1nnc2cccnc21.CCc1nn(C2CCS(O)(O)C2)c2c1C(=O)NCC(c1ccccc1)=N2. The van der Waals surface area contributed by atoms with Crippen molar-refractivity contribution in [1.29, 1.82) is 0 Å². The van der Waals surface area contributed by atoms with E-state index in [4.69, 9.17) is 15.6 Å². The van der Waals surface area contributed by atoms with Crippen molar-refractivity contribution in [3.8, 4) is 0 Å². The Morgan fingerprint density at radius 2 is 1.60 bits per heavy atom. The first-order chi connectivity index (χ1) is 25.4. The van der Waals surface area contributed by atoms with Crippen LogP contribution in [0, 0.1) is 0 Å². The number of carbonyl (C=O) groups excluding carboxylic acids is 2. The second-order valence-corrected chi connectivity index (χ2v) is 17.7. The van der Waals surface area contributed by atoms with Crippen molar-refractivity contribution in [2.24, 2.45) is 4.99 Å². The van der Waals surface area contributed by atoms with Gasteiger partial charge in [0.05, 0.1) is 47.2 Å². The normalized spacial score (nSPS) is 21.5. The Labute approximate surface area is 307 Å². The molecule has 18 nitrogen and oxygen atoms in total. The molecule has 7 heterocycles. The number of rotatable bonds is 7. The Kier molecular flexibility index (Phi) is 10.00. The number of aromatic nitrogens is 8. The van der Waals surface area contributed by atoms with Crippen LogP contribution in [-0.2, 0) is 12.8 Å². The zero-order valence-corrected chi connectivity index (χ0v) is 30.7. The standard InChI is InChI=1S/C18H22N4O3S.C15H19N7O4S/c1-2-14-16-17(22(21-14)13-8-9-26(24,25)11-13)20-15(10-19-18(16)23)12-6-4-3-5-7-12;1-2-10-12(13(16)21(19-10)9-5-7-27(24,25)8-9)15(23)26-22-14-11(18-20-22)4-3-6-17-14/h3-7,13,24-25H,2,8-11H2,1H3,(H,19,23);3-4,6,9,24-25H,2,5,7-8,16H2,1H3. The molecule has 53 heavy (non-hydrogen) atoms. The third kappa shape index (κ3) is 7.37. The summed E-state index contributed by atoms with van der Waals surface area (Å²) in [6.45, 7) is 4.15. The van der Waals surface area contributed by atoms with Crippen molar-refractivity contribution >= 4 is 61.6 Å². The fraction of sp³-hybridized carbons (Fsp3) is 0.394. The second-order valence-electron chi connectivity index (χ2n) is 13.0. The van der Waals surface area contributed by atoms with Gasteiger partial charge in [-0.25, -0.2) is 24.1 Å². The number of pyridine rings is 1. The van der Waals surface area contributed by atoms with Crippen LogP contribution in [0.25, 0.3) is 11.2 Å².